The molecular formula is C19H19N3O3S. The van der Waals surface area contributed by atoms with E-state index in [0.717, 1.165) is 46.3 Å². The molecule has 7 heteroatoms. The van der Waals surface area contributed by atoms with Gasteiger partial charge in [-0.15, -0.1) is 0 Å². The van der Waals surface area contributed by atoms with E-state index in [2.05, 4.69) is 9.97 Å². The van der Waals surface area contributed by atoms with Crippen molar-refractivity contribution in [2.24, 2.45) is 0 Å². The van der Waals surface area contributed by atoms with Crippen LogP contribution in [-0.2, 0) is 17.8 Å². The molecule has 0 saturated heterocycles. The molecule has 2 aromatic carbocycles. The maximum absolute atomic E-state index is 11.5. The Labute approximate surface area is 154 Å². The number of methoxy groups -OCH3 is 1. The van der Waals surface area contributed by atoms with Gasteiger partial charge in [-0.25, -0.2) is 14.2 Å². The molecule has 26 heavy (non-hydrogen) atoms. The first-order chi connectivity index (χ1) is 12.7. The minimum atomic E-state index is -1.93. The maximum Gasteiger partial charge on any atom is 0.235 e. The highest BCUT2D eigenvalue weighted by Gasteiger charge is 2.32. The van der Waals surface area contributed by atoms with Gasteiger partial charge in [0.05, 0.1) is 18.3 Å². The SMILES string of the molecule is COc1ccc2c(-c3ccc(CN(C4CC4)S(=O)O)cc3)ncnc2c1. The third-order valence-corrected chi connectivity index (χ3v) is 5.39. The molecule has 0 radical (unpaired) electrons. The van der Waals surface area contributed by atoms with Crippen molar-refractivity contribution < 1.29 is 13.5 Å². The molecule has 0 amide bonds. The largest absolute Gasteiger partial charge is 0.497 e. The number of benzene rings is 2. The molecule has 0 bridgehead atoms. The van der Waals surface area contributed by atoms with Gasteiger partial charge >= 0.3 is 0 Å². The predicted molar refractivity (Wildman–Crippen MR) is 101 cm³/mol. The van der Waals surface area contributed by atoms with Crippen molar-refractivity contribution in [3.05, 3.63) is 54.4 Å². The lowest BCUT2D eigenvalue weighted by atomic mass is 10.0. The Hall–Kier alpha value is -2.35. The number of fused-ring (bicyclic) bond motifs is 1. The number of nitrogens with zero attached hydrogens (tertiary/aromatic N) is 3. The van der Waals surface area contributed by atoms with Crippen LogP contribution < -0.4 is 4.74 Å². The van der Waals surface area contributed by atoms with Gasteiger partial charge in [0.2, 0.25) is 11.3 Å². The average Bonchev–Trinajstić information content (AvgIpc) is 3.50. The van der Waals surface area contributed by atoms with Gasteiger partial charge in [0.1, 0.15) is 12.1 Å². The molecule has 4 rings (SSSR count). The van der Waals surface area contributed by atoms with E-state index >= 15 is 0 Å². The fraction of sp³-hybridized carbons (Fsp3) is 0.263. The van der Waals surface area contributed by atoms with Gasteiger partial charge in [0, 0.05) is 29.6 Å². The molecule has 0 spiro atoms. The topological polar surface area (TPSA) is 75.5 Å². The number of ether oxygens (including phenoxy) is 1. The van der Waals surface area contributed by atoms with Gasteiger partial charge in [0.25, 0.3) is 0 Å². The smallest absolute Gasteiger partial charge is 0.235 e. The Morgan fingerprint density at radius 1 is 1.19 bits per heavy atom. The summed E-state index contributed by atoms with van der Waals surface area (Å²) in [6.45, 7) is 0.468. The van der Waals surface area contributed by atoms with Crippen molar-refractivity contribution in [2.45, 2.75) is 25.4 Å². The molecule has 6 nitrogen and oxygen atoms in total. The van der Waals surface area contributed by atoms with Crippen LogP contribution in [0, 0.1) is 0 Å². The molecule has 0 aliphatic heterocycles. The van der Waals surface area contributed by atoms with Crippen LogP contribution >= 0.6 is 0 Å². The molecule has 1 fully saturated rings. The lowest BCUT2D eigenvalue weighted by molar-refractivity contribution is 0.384. The Morgan fingerprint density at radius 2 is 1.96 bits per heavy atom. The molecule has 134 valence electrons. The summed E-state index contributed by atoms with van der Waals surface area (Å²) in [6, 6.07) is 13.9. The van der Waals surface area contributed by atoms with Crippen molar-refractivity contribution >= 4 is 22.2 Å². The monoisotopic (exact) mass is 369 g/mol. The minimum absolute atomic E-state index is 0.223. The summed E-state index contributed by atoms with van der Waals surface area (Å²) in [4.78, 5) is 8.76. The fourth-order valence-electron chi connectivity index (χ4n) is 3.02. The molecule has 1 aliphatic carbocycles. The van der Waals surface area contributed by atoms with Crippen molar-refractivity contribution in [1.82, 2.24) is 14.3 Å². The van der Waals surface area contributed by atoms with Crippen molar-refractivity contribution in [3.63, 3.8) is 0 Å². The maximum atomic E-state index is 11.5. The second-order valence-corrected chi connectivity index (χ2v) is 7.27. The second kappa shape index (κ2) is 7.11. The molecule has 1 unspecified atom stereocenters. The lowest BCUT2D eigenvalue weighted by Crippen LogP contribution is -2.27. The van der Waals surface area contributed by atoms with Crippen LogP contribution in [0.3, 0.4) is 0 Å². The molecular weight excluding hydrogens is 350 g/mol. The van der Waals surface area contributed by atoms with Gasteiger partial charge in [-0.3, -0.25) is 4.55 Å². The Kier molecular flexibility index (Phi) is 4.67. The standard InChI is InChI=1S/C19H19N3O3S/c1-25-16-8-9-17-18(10-16)20-12-21-19(17)14-4-2-13(3-5-14)11-22(26(23)24)15-6-7-15/h2-5,8-10,12,15H,6-7,11H2,1H3,(H,23,24). The van der Waals surface area contributed by atoms with E-state index in [0.29, 0.717) is 6.54 Å². The highest BCUT2D eigenvalue weighted by atomic mass is 32.2. The Bertz CT molecular complexity index is 958. The summed E-state index contributed by atoms with van der Waals surface area (Å²) in [6.07, 6.45) is 3.52. The van der Waals surface area contributed by atoms with Gasteiger partial charge in [-0.2, -0.15) is 4.31 Å². The highest BCUT2D eigenvalue weighted by molar-refractivity contribution is 7.76. The van der Waals surface area contributed by atoms with Crippen LogP contribution in [0.25, 0.3) is 22.2 Å². The first-order valence-electron chi connectivity index (χ1n) is 8.41. The molecule has 1 heterocycles. The third-order valence-electron chi connectivity index (χ3n) is 4.56. The number of hydrogen-bond donors (Lipinski definition) is 1. The summed E-state index contributed by atoms with van der Waals surface area (Å²) < 4.78 is 27.8. The molecule has 1 N–H and O–H groups in total. The highest BCUT2D eigenvalue weighted by Crippen LogP contribution is 2.31. The zero-order valence-electron chi connectivity index (χ0n) is 14.3. The van der Waals surface area contributed by atoms with Crippen LogP contribution in [0.2, 0.25) is 0 Å². The van der Waals surface area contributed by atoms with Gasteiger partial charge in [0.15, 0.2) is 0 Å². The quantitative estimate of drug-likeness (QED) is 0.674. The first kappa shape index (κ1) is 17.1. The summed E-state index contributed by atoms with van der Waals surface area (Å²) >= 11 is -1.93. The van der Waals surface area contributed by atoms with E-state index in [1.807, 2.05) is 42.5 Å². The van der Waals surface area contributed by atoms with Crippen LogP contribution in [0.5, 0.6) is 5.75 Å². The molecule has 1 atom stereocenters. The van der Waals surface area contributed by atoms with E-state index in [-0.39, 0.29) is 6.04 Å². The van der Waals surface area contributed by atoms with Crippen LogP contribution in [0.1, 0.15) is 18.4 Å². The minimum Gasteiger partial charge on any atom is -0.497 e. The number of aromatic nitrogens is 2. The fourth-order valence-corrected chi connectivity index (χ4v) is 3.74. The normalized spacial score (nSPS) is 15.3. The average molecular weight is 369 g/mol. The van der Waals surface area contributed by atoms with Crippen molar-refractivity contribution in [1.29, 1.82) is 0 Å². The summed E-state index contributed by atoms with van der Waals surface area (Å²) in [7, 11) is 1.63. The summed E-state index contributed by atoms with van der Waals surface area (Å²) in [5, 5.41) is 0.956. The Balaban J connectivity index is 1.62. The summed E-state index contributed by atoms with van der Waals surface area (Å²) in [5.74, 6) is 0.759. The van der Waals surface area contributed by atoms with E-state index in [9.17, 15) is 8.76 Å². The van der Waals surface area contributed by atoms with E-state index in [1.54, 1.807) is 17.7 Å². The lowest BCUT2D eigenvalue weighted by Gasteiger charge is -2.17. The second-order valence-electron chi connectivity index (χ2n) is 6.34. The van der Waals surface area contributed by atoms with Gasteiger partial charge in [-0.05, 0) is 30.5 Å². The molecule has 3 aromatic rings. The third kappa shape index (κ3) is 3.46. The van der Waals surface area contributed by atoms with E-state index < -0.39 is 11.3 Å². The zero-order valence-corrected chi connectivity index (χ0v) is 15.1. The van der Waals surface area contributed by atoms with Gasteiger partial charge in [-0.1, -0.05) is 24.3 Å². The van der Waals surface area contributed by atoms with Crippen molar-refractivity contribution in [3.8, 4) is 17.0 Å². The number of rotatable bonds is 6. The van der Waals surface area contributed by atoms with Crippen LogP contribution in [-0.4, -0.2) is 36.2 Å². The van der Waals surface area contributed by atoms with E-state index in [4.69, 9.17) is 4.74 Å². The van der Waals surface area contributed by atoms with Gasteiger partial charge < -0.3 is 4.74 Å². The molecule has 1 saturated carbocycles. The number of hydrogen-bond acceptors (Lipinski definition) is 4. The van der Waals surface area contributed by atoms with Crippen LogP contribution in [0.15, 0.2) is 48.8 Å². The predicted octanol–water partition coefficient (Wildman–Crippen LogP) is 3.41. The van der Waals surface area contributed by atoms with Crippen molar-refractivity contribution in [2.75, 3.05) is 7.11 Å². The molecule has 1 aromatic heterocycles. The Morgan fingerprint density at radius 3 is 2.62 bits per heavy atom. The first-order valence-corrected chi connectivity index (χ1v) is 9.48. The van der Waals surface area contributed by atoms with Crippen LogP contribution in [0.4, 0.5) is 0 Å². The van der Waals surface area contributed by atoms with E-state index in [1.165, 1.54) is 0 Å². The molecule has 1 aliphatic rings. The zero-order chi connectivity index (χ0) is 18.1. The summed E-state index contributed by atoms with van der Waals surface area (Å²) in [5.41, 5.74) is 3.67.